The Kier molecular flexibility index (Phi) is 7.05. The minimum Gasteiger partial charge on any atom is -0.383 e. The molecule has 1 atom stereocenters. The molecule has 0 aromatic carbocycles. The van der Waals surface area contributed by atoms with Gasteiger partial charge in [0.2, 0.25) is 0 Å². The van der Waals surface area contributed by atoms with Gasteiger partial charge in [0.05, 0.1) is 0 Å². The molecule has 1 heterocycles. The monoisotopic (exact) mass is 253 g/mol. The Morgan fingerprint density at radius 2 is 2.29 bits per heavy atom. The Morgan fingerprint density at radius 1 is 1.47 bits per heavy atom. The number of hydrogen-bond acceptors (Lipinski definition) is 4. The smallest absolute Gasteiger partial charge is 0.126 e. The molecule has 96 valence electrons. The van der Waals surface area contributed by atoms with Crippen LogP contribution in [0.15, 0.2) is 18.3 Å². The van der Waals surface area contributed by atoms with Crippen LogP contribution in [0.1, 0.15) is 25.8 Å². The Labute approximate surface area is 109 Å². The molecule has 0 amide bonds. The number of hydrogen-bond donors (Lipinski definition) is 2. The van der Waals surface area contributed by atoms with Gasteiger partial charge in [-0.2, -0.15) is 11.8 Å². The first-order chi connectivity index (χ1) is 8.27. The van der Waals surface area contributed by atoms with Crippen molar-refractivity contribution in [3.05, 3.63) is 23.9 Å². The van der Waals surface area contributed by atoms with Gasteiger partial charge in [0.25, 0.3) is 0 Å². The van der Waals surface area contributed by atoms with E-state index in [2.05, 4.69) is 30.2 Å². The summed E-state index contributed by atoms with van der Waals surface area (Å²) in [7, 11) is 0. The fraction of sp³-hybridized carbons (Fsp3) is 0.615. The lowest BCUT2D eigenvalue weighted by Crippen LogP contribution is -2.34. The van der Waals surface area contributed by atoms with E-state index in [0.717, 1.165) is 36.5 Å². The fourth-order valence-electron chi connectivity index (χ4n) is 1.69. The number of nitrogens with two attached hydrogens (primary N) is 1. The molecular weight excluding hydrogens is 230 g/mol. The highest BCUT2D eigenvalue weighted by Gasteiger charge is 2.10. The van der Waals surface area contributed by atoms with Gasteiger partial charge in [-0.25, -0.2) is 4.98 Å². The Bertz CT molecular complexity index is 309. The van der Waals surface area contributed by atoms with Crippen LogP contribution in [0.25, 0.3) is 0 Å². The summed E-state index contributed by atoms with van der Waals surface area (Å²) >= 11 is 1.97. The SMILES string of the molecule is CCCNC(CSCC)Cc1cccnc1N. The zero-order valence-electron chi connectivity index (χ0n) is 10.8. The van der Waals surface area contributed by atoms with Crippen molar-refractivity contribution in [3.63, 3.8) is 0 Å². The van der Waals surface area contributed by atoms with Gasteiger partial charge in [-0.05, 0) is 36.8 Å². The summed E-state index contributed by atoms with van der Waals surface area (Å²) < 4.78 is 0. The molecule has 0 saturated heterocycles. The summed E-state index contributed by atoms with van der Waals surface area (Å²) in [5, 5.41) is 3.58. The van der Waals surface area contributed by atoms with Crippen molar-refractivity contribution >= 4 is 17.6 Å². The fourth-order valence-corrected chi connectivity index (χ4v) is 2.44. The number of thioether (sulfide) groups is 1. The molecule has 3 N–H and O–H groups in total. The zero-order chi connectivity index (χ0) is 12.5. The largest absolute Gasteiger partial charge is 0.383 e. The number of nitrogens with zero attached hydrogens (tertiary/aromatic N) is 1. The van der Waals surface area contributed by atoms with Crippen LogP contribution < -0.4 is 11.1 Å². The molecule has 0 fully saturated rings. The van der Waals surface area contributed by atoms with Crippen LogP contribution in [0.4, 0.5) is 5.82 Å². The number of rotatable bonds is 8. The minimum atomic E-state index is 0.492. The highest BCUT2D eigenvalue weighted by Crippen LogP contribution is 2.13. The van der Waals surface area contributed by atoms with Crippen LogP contribution in [0, 0.1) is 0 Å². The molecule has 0 aliphatic rings. The molecule has 1 aromatic rings. The van der Waals surface area contributed by atoms with Crippen LogP contribution >= 0.6 is 11.8 Å². The van der Waals surface area contributed by atoms with Crippen molar-refractivity contribution in [1.82, 2.24) is 10.3 Å². The Morgan fingerprint density at radius 3 is 2.94 bits per heavy atom. The number of nitrogen functional groups attached to an aromatic ring is 1. The molecule has 3 nitrogen and oxygen atoms in total. The summed E-state index contributed by atoms with van der Waals surface area (Å²) in [5.74, 6) is 2.95. The zero-order valence-corrected chi connectivity index (χ0v) is 11.6. The maximum absolute atomic E-state index is 5.88. The lowest BCUT2D eigenvalue weighted by Gasteiger charge is -2.18. The van der Waals surface area contributed by atoms with Gasteiger partial charge in [0.15, 0.2) is 0 Å². The molecule has 0 saturated carbocycles. The normalized spacial score (nSPS) is 12.6. The van der Waals surface area contributed by atoms with Gasteiger partial charge in [0.1, 0.15) is 5.82 Å². The molecular formula is C13H23N3S. The predicted octanol–water partition coefficient (Wildman–Crippen LogP) is 2.33. The van der Waals surface area contributed by atoms with E-state index in [1.165, 1.54) is 0 Å². The summed E-state index contributed by atoms with van der Waals surface area (Å²) in [5.41, 5.74) is 7.03. The molecule has 0 aliphatic heterocycles. The molecule has 17 heavy (non-hydrogen) atoms. The Balaban J connectivity index is 2.55. The Hall–Kier alpha value is -0.740. The molecule has 1 unspecified atom stereocenters. The molecule has 4 heteroatoms. The third kappa shape index (κ3) is 5.41. The van der Waals surface area contributed by atoms with Gasteiger partial charge < -0.3 is 11.1 Å². The molecule has 1 aromatic heterocycles. The second-order valence-electron chi connectivity index (χ2n) is 4.06. The first kappa shape index (κ1) is 14.3. The molecule has 0 aliphatic carbocycles. The standard InChI is InChI=1S/C13H23N3S/c1-3-7-15-12(10-17-4-2)9-11-6-5-8-16-13(11)14/h5-6,8,12,15H,3-4,7,9-10H2,1-2H3,(H2,14,16). The van der Waals surface area contributed by atoms with Crippen LogP contribution in [0.3, 0.4) is 0 Å². The van der Waals surface area contributed by atoms with Crippen LogP contribution in [0.2, 0.25) is 0 Å². The van der Waals surface area contributed by atoms with Gasteiger partial charge in [-0.3, -0.25) is 0 Å². The van der Waals surface area contributed by atoms with Crippen molar-refractivity contribution in [2.24, 2.45) is 0 Å². The highest BCUT2D eigenvalue weighted by atomic mass is 32.2. The average molecular weight is 253 g/mol. The first-order valence-electron chi connectivity index (χ1n) is 6.28. The van der Waals surface area contributed by atoms with Crippen molar-refractivity contribution in [2.75, 3.05) is 23.8 Å². The lowest BCUT2D eigenvalue weighted by molar-refractivity contribution is 0.550. The third-order valence-corrected chi connectivity index (χ3v) is 3.64. The van der Waals surface area contributed by atoms with E-state index >= 15 is 0 Å². The molecule has 1 rings (SSSR count). The summed E-state index contributed by atoms with van der Waals surface area (Å²) in [4.78, 5) is 4.14. The highest BCUT2D eigenvalue weighted by molar-refractivity contribution is 7.99. The van der Waals surface area contributed by atoms with E-state index in [1.807, 2.05) is 17.8 Å². The van der Waals surface area contributed by atoms with Crippen LogP contribution in [-0.2, 0) is 6.42 Å². The number of anilines is 1. The van der Waals surface area contributed by atoms with Gasteiger partial charge >= 0.3 is 0 Å². The topological polar surface area (TPSA) is 50.9 Å². The first-order valence-corrected chi connectivity index (χ1v) is 7.43. The maximum Gasteiger partial charge on any atom is 0.126 e. The van der Waals surface area contributed by atoms with E-state index in [1.54, 1.807) is 6.20 Å². The number of aromatic nitrogens is 1. The summed E-state index contributed by atoms with van der Waals surface area (Å²) in [6.07, 6.45) is 3.87. The van der Waals surface area contributed by atoms with Crippen molar-refractivity contribution in [3.8, 4) is 0 Å². The average Bonchev–Trinajstić information content (AvgIpc) is 2.35. The molecule has 0 spiro atoms. The summed E-state index contributed by atoms with van der Waals surface area (Å²) in [6.45, 7) is 5.45. The molecule has 0 bridgehead atoms. The van der Waals surface area contributed by atoms with Crippen LogP contribution in [-0.4, -0.2) is 29.1 Å². The second-order valence-corrected chi connectivity index (χ2v) is 5.38. The van der Waals surface area contributed by atoms with E-state index in [9.17, 15) is 0 Å². The van der Waals surface area contributed by atoms with Gasteiger partial charge in [0, 0.05) is 18.0 Å². The van der Waals surface area contributed by atoms with E-state index in [-0.39, 0.29) is 0 Å². The maximum atomic E-state index is 5.88. The second kappa shape index (κ2) is 8.37. The third-order valence-electron chi connectivity index (χ3n) is 2.60. The predicted molar refractivity (Wildman–Crippen MR) is 77.4 cm³/mol. The van der Waals surface area contributed by atoms with Gasteiger partial charge in [-0.1, -0.05) is 19.9 Å². The van der Waals surface area contributed by atoms with Crippen molar-refractivity contribution < 1.29 is 0 Å². The van der Waals surface area contributed by atoms with Gasteiger partial charge in [-0.15, -0.1) is 0 Å². The van der Waals surface area contributed by atoms with Crippen molar-refractivity contribution in [2.45, 2.75) is 32.7 Å². The molecule has 0 radical (unpaired) electrons. The number of nitrogens with one attached hydrogen (secondary N) is 1. The van der Waals surface area contributed by atoms with Crippen molar-refractivity contribution in [1.29, 1.82) is 0 Å². The van der Waals surface area contributed by atoms with E-state index < -0.39 is 0 Å². The minimum absolute atomic E-state index is 0.492. The van der Waals surface area contributed by atoms with E-state index in [0.29, 0.717) is 11.9 Å². The van der Waals surface area contributed by atoms with Crippen LogP contribution in [0.5, 0.6) is 0 Å². The summed E-state index contributed by atoms with van der Waals surface area (Å²) in [6, 6.07) is 4.51. The van der Waals surface area contributed by atoms with E-state index in [4.69, 9.17) is 5.73 Å². The number of pyridine rings is 1. The lowest BCUT2D eigenvalue weighted by atomic mass is 10.1. The quantitative estimate of drug-likeness (QED) is 0.746.